The minimum atomic E-state index is -0.427. The predicted octanol–water partition coefficient (Wildman–Crippen LogP) is 4.31. The van der Waals surface area contributed by atoms with E-state index >= 15 is 0 Å². The summed E-state index contributed by atoms with van der Waals surface area (Å²) in [5, 5.41) is 15.4. The van der Waals surface area contributed by atoms with Crippen LogP contribution in [0.1, 0.15) is 20.8 Å². The number of nitrogens with one attached hydrogen (secondary N) is 2. The lowest BCUT2D eigenvalue weighted by molar-refractivity contribution is 0.0602. The number of morpholine rings is 1. The van der Waals surface area contributed by atoms with E-state index in [9.17, 15) is 4.79 Å². The van der Waals surface area contributed by atoms with Gasteiger partial charge in [-0.15, -0.1) is 11.3 Å². The van der Waals surface area contributed by atoms with Crippen LogP contribution in [0.15, 0.2) is 53.2 Å². The van der Waals surface area contributed by atoms with Gasteiger partial charge in [-0.1, -0.05) is 30.3 Å². The normalized spacial score (nSPS) is 13.6. The van der Waals surface area contributed by atoms with Gasteiger partial charge in [0.15, 0.2) is 16.1 Å². The highest BCUT2D eigenvalue weighted by Gasteiger charge is 2.21. The van der Waals surface area contributed by atoms with Crippen molar-refractivity contribution in [2.45, 2.75) is 6.42 Å². The zero-order valence-corrected chi connectivity index (χ0v) is 20.6. The van der Waals surface area contributed by atoms with Crippen LogP contribution < -0.4 is 15.5 Å². The molecule has 35 heavy (non-hydrogen) atoms. The number of methoxy groups -OCH3 is 1. The van der Waals surface area contributed by atoms with Crippen molar-refractivity contribution in [3.8, 4) is 0 Å². The summed E-state index contributed by atoms with van der Waals surface area (Å²) >= 11 is 7.02. The van der Waals surface area contributed by atoms with Crippen molar-refractivity contribution in [1.29, 1.82) is 0 Å². The second kappa shape index (κ2) is 10.4. The van der Waals surface area contributed by atoms with Crippen molar-refractivity contribution in [1.82, 2.24) is 10.3 Å². The monoisotopic (exact) mass is 509 g/mol. The number of rotatable bonds is 6. The van der Waals surface area contributed by atoms with Crippen LogP contribution in [0.2, 0.25) is 0 Å². The molecule has 5 rings (SSSR count). The Balaban J connectivity index is 1.35. The molecule has 0 unspecified atom stereocenters. The summed E-state index contributed by atoms with van der Waals surface area (Å²) in [4.78, 5) is 15.6. The topological polar surface area (TPSA) is 102 Å². The highest BCUT2D eigenvalue weighted by Crippen LogP contribution is 2.33. The molecule has 2 aromatic carbocycles. The van der Waals surface area contributed by atoms with Crippen molar-refractivity contribution >= 4 is 62.0 Å². The number of ether oxygens (including phenoxy) is 2. The van der Waals surface area contributed by atoms with Crippen LogP contribution in [0.25, 0.3) is 11.0 Å². The Bertz CT molecular complexity index is 1350. The third kappa shape index (κ3) is 5.11. The maximum atomic E-state index is 12.4. The third-order valence-corrected chi connectivity index (χ3v) is 6.89. The number of carbonyl (C=O) groups is 1. The van der Waals surface area contributed by atoms with Gasteiger partial charge >= 0.3 is 5.97 Å². The first-order valence-corrected chi connectivity index (χ1v) is 12.3. The molecule has 0 atom stereocenters. The van der Waals surface area contributed by atoms with Crippen LogP contribution in [-0.2, 0) is 15.9 Å². The second-order valence-electron chi connectivity index (χ2n) is 7.88. The van der Waals surface area contributed by atoms with Crippen molar-refractivity contribution in [2.24, 2.45) is 0 Å². The highest BCUT2D eigenvalue weighted by molar-refractivity contribution is 7.80. The van der Waals surface area contributed by atoms with Crippen LogP contribution in [0, 0.1) is 0 Å². The van der Waals surface area contributed by atoms with Crippen LogP contribution in [0.3, 0.4) is 0 Å². The molecule has 0 aliphatic carbocycles. The number of fused-ring (bicyclic) bond motifs is 1. The molecule has 4 aromatic rings. The Morgan fingerprint density at radius 3 is 2.66 bits per heavy atom. The lowest BCUT2D eigenvalue weighted by Crippen LogP contribution is -2.36. The molecule has 1 aliphatic rings. The fourth-order valence-electron chi connectivity index (χ4n) is 3.95. The molecule has 0 amide bonds. The third-order valence-electron chi connectivity index (χ3n) is 5.63. The number of carbonyl (C=O) groups excluding carboxylic acids is 1. The minimum Gasteiger partial charge on any atom is -0.465 e. The molecule has 9 nitrogen and oxygen atoms in total. The van der Waals surface area contributed by atoms with Gasteiger partial charge in [-0.3, -0.25) is 0 Å². The summed E-state index contributed by atoms with van der Waals surface area (Å²) in [6.07, 6.45) is 0.700. The summed E-state index contributed by atoms with van der Waals surface area (Å²) < 4.78 is 15.5. The number of thiocarbonyl (C=S) groups is 1. The molecule has 0 bridgehead atoms. The number of anilines is 3. The molecule has 3 heterocycles. The molecule has 1 saturated heterocycles. The van der Waals surface area contributed by atoms with Gasteiger partial charge < -0.3 is 25.0 Å². The van der Waals surface area contributed by atoms with Gasteiger partial charge in [-0.25, -0.2) is 9.42 Å². The molecule has 0 spiro atoms. The molecule has 180 valence electrons. The molecule has 1 aliphatic heterocycles. The maximum absolute atomic E-state index is 12.4. The average Bonchev–Trinajstić information content (AvgIpc) is 3.53. The lowest BCUT2D eigenvalue weighted by Gasteiger charge is -2.28. The van der Waals surface area contributed by atoms with Gasteiger partial charge in [0.1, 0.15) is 5.00 Å². The summed E-state index contributed by atoms with van der Waals surface area (Å²) in [6.45, 7) is 2.87. The number of aromatic nitrogens is 2. The van der Waals surface area contributed by atoms with E-state index in [4.69, 9.17) is 26.3 Å². The summed E-state index contributed by atoms with van der Waals surface area (Å²) in [6, 6.07) is 15.8. The van der Waals surface area contributed by atoms with Crippen LogP contribution in [-0.4, -0.2) is 54.8 Å². The summed E-state index contributed by atoms with van der Waals surface area (Å²) in [7, 11) is 1.36. The number of thiophene rings is 1. The lowest BCUT2D eigenvalue weighted by atomic mass is 10.1. The molecule has 2 aromatic heterocycles. The Hall–Kier alpha value is -3.54. The zero-order chi connectivity index (χ0) is 24.2. The van der Waals surface area contributed by atoms with Gasteiger partial charge in [0.05, 0.1) is 37.3 Å². The van der Waals surface area contributed by atoms with E-state index in [0.717, 1.165) is 29.2 Å². The molecule has 0 radical (unpaired) electrons. The summed E-state index contributed by atoms with van der Waals surface area (Å²) in [5.41, 5.74) is 4.39. The van der Waals surface area contributed by atoms with Crippen molar-refractivity contribution in [2.75, 3.05) is 48.9 Å². The first-order valence-electron chi connectivity index (χ1n) is 11.0. The number of hydrogen-bond acceptors (Lipinski definition) is 9. The first-order chi connectivity index (χ1) is 17.1. The van der Waals surface area contributed by atoms with E-state index in [1.54, 1.807) is 0 Å². The Morgan fingerprint density at radius 1 is 1.11 bits per heavy atom. The van der Waals surface area contributed by atoms with Crippen LogP contribution >= 0.6 is 23.6 Å². The van der Waals surface area contributed by atoms with E-state index in [1.807, 2.05) is 36.4 Å². The molecular weight excluding hydrogens is 486 g/mol. The Kier molecular flexibility index (Phi) is 6.89. The number of nitrogens with zero attached hydrogens (tertiary/aromatic N) is 3. The largest absolute Gasteiger partial charge is 0.465 e. The van der Waals surface area contributed by atoms with Gasteiger partial charge in [0.2, 0.25) is 0 Å². The van der Waals surface area contributed by atoms with Crippen LogP contribution in [0.5, 0.6) is 0 Å². The second-order valence-corrected chi connectivity index (χ2v) is 9.43. The zero-order valence-electron chi connectivity index (χ0n) is 18.9. The molecule has 11 heteroatoms. The first kappa shape index (κ1) is 23.2. The molecule has 0 saturated carbocycles. The smallest absolute Gasteiger partial charge is 0.340 e. The van der Waals surface area contributed by atoms with Crippen molar-refractivity contribution in [3.63, 3.8) is 0 Å². The van der Waals surface area contributed by atoms with E-state index < -0.39 is 5.97 Å². The standard InChI is InChI=1S/C24H23N5O4S2/c1-31-23(30)17-14-16(13-15-5-3-2-4-6-15)35-22(17)26-24(34)25-18-7-8-19(21-20(18)27-33-28-21)29-9-11-32-12-10-29/h2-8,14H,9-13H2,1H3,(H2,25,26,34). The van der Waals surface area contributed by atoms with Gasteiger partial charge in [-0.05, 0) is 46.3 Å². The molecule has 2 N–H and O–H groups in total. The predicted molar refractivity (Wildman–Crippen MR) is 140 cm³/mol. The number of hydrogen-bond donors (Lipinski definition) is 2. The number of benzene rings is 2. The van der Waals surface area contributed by atoms with Gasteiger partial charge in [-0.2, -0.15) is 0 Å². The molecular formula is C24H23N5O4S2. The minimum absolute atomic E-state index is 0.312. The fraction of sp³-hybridized carbons (Fsp3) is 0.250. The summed E-state index contributed by atoms with van der Waals surface area (Å²) in [5.74, 6) is -0.427. The van der Waals surface area contributed by atoms with E-state index in [0.29, 0.717) is 52.0 Å². The fourth-order valence-corrected chi connectivity index (χ4v) is 5.31. The van der Waals surface area contributed by atoms with Crippen molar-refractivity contribution in [3.05, 3.63) is 64.5 Å². The van der Waals surface area contributed by atoms with E-state index in [-0.39, 0.29) is 0 Å². The molecule has 1 fully saturated rings. The van der Waals surface area contributed by atoms with E-state index in [2.05, 4.69) is 38.0 Å². The highest BCUT2D eigenvalue weighted by atomic mass is 32.1. The van der Waals surface area contributed by atoms with Gasteiger partial charge in [0.25, 0.3) is 0 Å². The maximum Gasteiger partial charge on any atom is 0.340 e. The quantitative estimate of drug-likeness (QED) is 0.289. The van der Waals surface area contributed by atoms with Crippen LogP contribution in [0.4, 0.5) is 16.4 Å². The average molecular weight is 510 g/mol. The van der Waals surface area contributed by atoms with E-state index in [1.165, 1.54) is 18.4 Å². The Morgan fingerprint density at radius 2 is 1.89 bits per heavy atom. The van der Waals surface area contributed by atoms with Gasteiger partial charge in [0, 0.05) is 24.4 Å². The SMILES string of the molecule is COC(=O)c1cc(Cc2ccccc2)sc1NC(=S)Nc1ccc(N2CCOCC2)c2nonc12. The number of esters is 1. The van der Waals surface area contributed by atoms with Crippen molar-refractivity contribution < 1.29 is 18.9 Å². The Labute approximate surface area is 211 Å².